The van der Waals surface area contributed by atoms with Gasteiger partial charge in [0.1, 0.15) is 11.9 Å². The number of nitrogens with one attached hydrogen (secondary N) is 1. The van der Waals surface area contributed by atoms with Crippen molar-refractivity contribution >= 4 is 16.3 Å². The zero-order chi connectivity index (χ0) is 14.6. The summed E-state index contributed by atoms with van der Waals surface area (Å²) in [5, 5.41) is 0. The Morgan fingerprint density at radius 2 is 1.75 bits per heavy atom. The summed E-state index contributed by atoms with van der Waals surface area (Å²) in [4.78, 5) is 10.7. The summed E-state index contributed by atoms with van der Waals surface area (Å²) in [7, 11) is -3.99. The first kappa shape index (κ1) is 14.4. The molecule has 0 unspecified atom stereocenters. The molecule has 2 aromatic carbocycles. The summed E-state index contributed by atoms with van der Waals surface area (Å²) in [6.07, 6.45) is 1.62. The van der Waals surface area contributed by atoms with E-state index in [1.165, 1.54) is 12.1 Å². The third-order valence-corrected chi connectivity index (χ3v) is 4.05. The predicted octanol–water partition coefficient (Wildman–Crippen LogP) is 1.95. The molecule has 0 bridgehead atoms. The van der Waals surface area contributed by atoms with Gasteiger partial charge in [0, 0.05) is 0 Å². The third kappa shape index (κ3) is 3.28. The molecule has 0 spiro atoms. The highest BCUT2D eigenvalue weighted by Crippen LogP contribution is 2.16. The van der Waals surface area contributed by atoms with E-state index < -0.39 is 21.9 Å². The van der Waals surface area contributed by atoms with Crippen LogP contribution in [0.2, 0.25) is 0 Å². The second-order valence-corrected chi connectivity index (χ2v) is 5.75. The van der Waals surface area contributed by atoms with Gasteiger partial charge in [-0.1, -0.05) is 36.4 Å². The van der Waals surface area contributed by atoms with Crippen LogP contribution in [0.1, 0.15) is 11.6 Å². The molecule has 2 rings (SSSR count). The van der Waals surface area contributed by atoms with Crippen molar-refractivity contribution in [1.29, 1.82) is 0 Å². The first-order valence-electron chi connectivity index (χ1n) is 5.73. The topological polar surface area (TPSA) is 63.2 Å². The Hall–Kier alpha value is -2.05. The molecule has 1 atom stereocenters. The number of halogens is 1. The highest BCUT2D eigenvalue weighted by molar-refractivity contribution is 7.89. The summed E-state index contributed by atoms with van der Waals surface area (Å²) in [5.41, 5.74) is 0.461. The first-order chi connectivity index (χ1) is 9.53. The van der Waals surface area contributed by atoms with Crippen molar-refractivity contribution in [2.24, 2.45) is 0 Å². The molecular weight excluding hydrogens is 281 g/mol. The van der Waals surface area contributed by atoms with E-state index in [0.29, 0.717) is 5.56 Å². The lowest BCUT2D eigenvalue weighted by molar-refractivity contribution is 0.530. The molecule has 0 amide bonds. The monoisotopic (exact) mass is 292 g/mol. The minimum absolute atomic E-state index is 0.242. The van der Waals surface area contributed by atoms with E-state index in [0.717, 1.165) is 12.1 Å². The van der Waals surface area contributed by atoms with E-state index in [-0.39, 0.29) is 4.90 Å². The summed E-state index contributed by atoms with van der Waals surface area (Å²) < 4.78 is 39.4. The van der Waals surface area contributed by atoms with Gasteiger partial charge in [0.15, 0.2) is 0 Å². The molecular formula is C14H11FNO3S. The minimum atomic E-state index is -3.99. The van der Waals surface area contributed by atoms with Gasteiger partial charge in [-0.15, -0.1) is 0 Å². The lowest BCUT2D eigenvalue weighted by Crippen LogP contribution is -2.29. The molecule has 0 saturated heterocycles. The Kier molecular flexibility index (Phi) is 4.26. The van der Waals surface area contributed by atoms with Gasteiger partial charge < -0.3 is 0 Å². The van der Waals surface area contributed by atoms with Crippen LogP contribution in [-0.4, -0.2) is 14.7 Å². The van der Waals surface area contributed by atoms with Crippen LogP contribution in [0.4, 0.5) is 4.39 Å². The van der Waals surface area contributed by atoms with Gasteiger partial charge in [-0.3, -0.25) is 4.79 Å². The van der Waals surface area contributed by atoms with E-state index in [1.807, 2.05) is 0 Å². The molecule has 0 aliphatic carbocycles. The molecule has 4 nitrogen and oxygen atoms in total. The van der Waals surface area contributed by atoms with Gasteiger partial charge in [-0.2, -0.15) is 4.72 Å². The van der Waals surface area contributed by atoms with Crippen molar-refractivity contribution in [3.8, 4) is 0 Å². The fourth-order valence-electron chi connectivity index (χ4n) is 1.66. The van der Waals surface area contributed by atoms with Gasteiger partial charge in [-0.05, 0) is 23.8 Å². The van der Waals surface area contributed by atoms with Gasteiger partial charge in [-0.25, -0.2) is 12.8 Å². The van der Waals surface area contributed by atoms with Crippen molar-refractivity contribution in [3.63, 3.8) is 0 Å². The Morgan fingerprint density at radius 3 is 2.35 bits per heavy atom. The predicted molar refractivity (Wildman–Crippen MR) is 71.6 cm³/mol. The quantitative estimate of drug-likeness (QED) is 0.916. The molecule has 0 heterocycles. The Morgan fingerprint density at radius 1 is 1.05 bits per heavy atom. The highest BCUT2D eigenvalue weighted by Gasteiger charge is 2.21. The second-order valence-electron chi connectivity index (χ2n) is 4.04. The molecule has 20 heavy (non-hydrogen) atoms. The molecule has 0 aliphatic rings. The number of hydrogen-bond donors (Lipinski definition) is 1. The highest BCUT2D eigenvalue weighted by atomic mass is 32.2. The standard InChI is InChI=1S/C14H11FNO3S/c15-12-7-4-8-13(9-12)20(18,19)16-14(10-17)11-5-2-1-3-6-11/h1-9,14,16H/t14-/m1/s1. The fourth-order valence-corrected chi connectivity index (χ4v) is 2.82. The maximum absolute atomic E-state index is 13.1. The van der Waals surface area contributed by atoms with Gasteiger partial charge in [0.25, 0.3) is 0 Å². The number of rotatable bonds is 5. The number of carbonyl (C=O) groups excluding carboxylic acids is 1. The van der Waals surface area contributed by atoms with Crippen molar-refractivity contribution in [3.05, 3.63) is 66.0 Å². The lowest BCUT2D eigenvalue weighted by atomic mass is 10.1. The molecule has 1 N–H and O–H groups in total. The van der Waals surface area contributed by atoms with Crippen molar-refractivity contribution in [2.75, 3.05) is 0 Å². The minimum Gasteiger partial charge on any atom is -0.289 e. The maximum atomic E-state index is 13.1. The average Bonchev–Trinajstić information content (AvgIpc) is 2.46. The Labute approximate surface area is 116 Å². The van der Waals surface area contributed by atoms with E-state index >= 15 is 0 Å². The summed E-state index contributed by atoms with van der Waals surface area (Å²) in [6, 6.07) is 11.7. The summed E-state index contributed by atoms with van der Waals surface area (Å²) in [5.74, 6) is -0.667. The van der Waals surface area contributed by atoms with Crippen LogP contribution in [-0.2, 0) is 14.8 Å². The van der Waals surface area contributed by atoms with Gasteiger partial charge in [0.2, 0.25) is 16.3 Å². The maximum Gasteiger partial charge on any atom is 0.241 e. The van der Waals surface area contributed by atoms with E-state index in [9.17, 15) is 17.6 Å². The summed E-state index contributed by atoms with van der Waals surface area (Å²) in [6.45, 7) is 0. The SMILES string of the molecule is O=[C][C@@H](NS(=O)(=O)c1cccc(F)c1)c1ccccc1. The molecule has 0 saturated carbocycles. The van der Waals surface area contributed by atoms with Crippen LogP contribution < -0.4 is 4.72 Å². The van der Waals surface area contributed by atoms with Crippen LogP contribution >= 0.6 is 0 Å². The molecule has 1 radical (unpaired) electrons. The molecule has 0 fully saturated rings. The fraction of sp³-hybridized carbons (Fsp3) is 0.0714. The summed E-state index contributed by atoms with van der Waals surface area (Å²) >= 11 is 0. The Balaban J connectivity index is 2.29. The van der Waals surface area contributed by atoms with Crippen LogP contribution in [0.15, 0.2) is 59.5 Å². The van der Waals surface area contributed by atoms with Gasteiger partial charge >= 0.3 is 0 Å². The normalized spacial score (nSPS) is 12.8. The van der Waals surface area contributed by atoms with Crippen LogP contribution in [0.25, 0.3) is 0 Å². The lowest BCUT2D eigenvalue weighted by Gasteiger charge is -2.12. The van der Waals surface area contributed by atoms with Crippen molar-refractivity contribution in [2.45, 2.75) is 10.9 Å². The number of benzene rings is 2. The average molecular weight is 292 g/mol. The third-order valence-electron chi connectivity index (χ3n) is 2.63. The Bertz CT molecular complexity index is 701. The van der Waals surface area contributed by atoms with Crippen molar-refractivity contribution in [1.82, 2.24) is 4.72 Å². The number of sulfonamides is 1. The second kappa shape index (κ2) is 5.94. The largest absolute Gasteiger partial charge is 0.289 e. The molecule has 0 aromatic heterocycles. The first-order valence-corrected chi connectivity index (χ1v) is 7.22. The molecule has 6 heteroatoms. The van der Waals surface area contributed by atoms with Crippen LogP contribution in [0, 0.1) is 5.82 Å². The van der Waals surface area contributed by atoms with Gasteiger partial charge in [0.05, 0.1) is 4.90 Å². The van der Waals surface area contributed by atoms with Crippen LogP contribution in [0.5, 0.6) is 0 Å². The molecule has 2 aromatic rings. The molecule has 0 aliphatic heterocycles. The van der Waals surface area contributed by atoms with E-state index in [2.05, 4.69) is 4.72 Å². The van der Waals surface area contributed by atoms with E-state index in [4.69, 9.17) is 0 Å². The van der Waals surface area contributed by atoms with Crippen molar-refractivity contribution < 1.29 is 17.6 Å². The zero-order valence-electron chi connectivity index (χ0n) is 10.3. The molecule has 103 valence electrons. The van der Waals surface area contributed by atoms with Crippen LogP contribution in [0.3, 0.4) is 0 Å². The zero-order valence-corrected chi connectivity index (χ0v) is 11.1. The number of hydrogen-bond acceptors (Lipinski definition) is 3. The smallest absolute Gasteiger partial charge is 0.241 e. The van der Waals surface area contributed by atoms with E-state index in [1.54, 1.807) is 36.6 Å².